The van der Waals surface area contributed by atoms with Gasteiger partial charge in [0.25, 0.3) is 0 Å². The van der Waals surface area contributed by atoms with Crippen LogP contribution in [0.25, 0.3) is 11.4 Å². The summed E-state index contributed by atoms with van der Waals surface area (Å²) < 4.78 is 11.2. The third-order valence-electron chi connectivity index (χ3n) is 4.86. The zero-order valence-corrected chi connectivity index (χ0v) is 17.6. The van der Waals surface area contributed by atoms with E-state index in [1.165, 1.54) is 0 Å². The van der Waals surface area contributed by atoms with Crippen molar-refractivity contribution in [1.29, 1.82) is 0 Å². The van der Waals surface area contributed by atoms with Gasteiger partial charge < -0.3 is 9.47 Å². The third-order valence-corrected chi connectivity index (χ3v) is 4.86. The highest BCUT2D eigenvalue weighted by molar-refractivity contribution is 5.98. The summed E-state index contributed by atoms with van der Waals surface area (Å²) in [6, 6.07) is 16.2. The summed E-state index contributed by atoms with van der Waals surface area (Å²) >= 11 is 0. The fraction of sp³-hybridized carbons (Fsp3) is 0.250. The number of fused-ring (bicyclic) bond motifs is 3. The summed E-state index contributed by atoms with van der Waals surface area (Å²) in [5.41, 5.74) is 0.494. The number of carbonyl (C=O) groups is 2. The molecule has 4 rings (SSSR count). The molecule has 1 aliphatic rings. The van der Waals surface area contributed by atoms with Gasteiger partial charge in [-0.1, -0.05) is 42.5 Å². The van der Waals surface area contributed by atoms with Gasteiger partial charge in [-0.25, -0.2) is 9.59 Å². The number of esters is 1. The van der Waals surface area contributed by atoms with Crippen LogP contribution in [0.4, 0.5) is 4.79 Å². The first kappa shape index (κ1) is 20.5. The maximum Gasteiger partial charge on any atom is 0.409 e. The first-order valence-corrected chi connectivity index (χ1v) is 9.95. The van der Waals surface area contributed by atoms with Crippen LogP contribution in [0.15, 0.2) is 67.0 Å². The number of benzene rings is 1. The topological polar surface area (TPSA) is 90.4 Å². The number of hydrogen-bond donors (Lipinski definition) is 1. The van der Waals surface area contributed by atoms with Crippen LogP contribution in [0, 0.1) is 0 Å². The number of hydrogen-bond acceptors (Lipinski definition) is 6. The van der Waals surface area contributed by atoms with E-state index >= 15 is 0 Å². The maximum atomic E-state index is 13.6. The van der Waals surface area contributed by atoms with E-state index in [2.05, 4.69) is 15.3 Å². The van der Waals surface area contributed by atoms with E-state index in [0.29, 0.717) is 22.5 Å². The number of carbonyl (C=O) groups excluding carboxylic acids is 2. The van der Waals surface area contributed by atoms with Gasteiger partial charge in [0.15, 0.2) is 5.54 Å². The second-order valence-electron chi connectivity index (χ2n) is 8.24. The molecule has 0 spiro atoms. The van der Waals surface area contributed by atoms with E-state index in [1.54, 1.807) is 57.4 Å². The second-order valence-corrected chi connectivity index (χ2v) is 8.24. The zero-order valence-electron chi connectivity index (χ0n) is 17.6. The lowest BCUT2D eigenvalue weighted by molar-refractivity contribution is -0.151. The lowest BCUT2D eigenvalue weighted by atomic mass is 9.88. The molecule has 0 atom stereocenters. The summed E-state index contributed by atoms with van der Waals surface area (Å²) in [4.78, 5) is 35.3. The van der Waals surface area contributed by atoms with Crippen molar-refractivity contribution >= 4 is 12.1 Å². The number of pyridine rings is 2. The normalized spacial score (nSPS) is 13.6. The number of nitrogens with one attached hydrogen (secondary N) is 1. The molecule has 2 heterocycles. The van der Waals surface area contributed by atoms with Crippen LogP contribution in [0.5, 0.6) is 0 Å². The summed E-state index contributed by atoms with van der Waals surface area (Å²) in [5.74, 6) is -0.636. The lowest BCUT2D eigenvalue weighted by Crippen LogP contribution is -2.53. The molecule has 0 bridgehead atoms. The van der Waals surface area contributed by atoms with Gasteiger partial charge in [-0.05, 0) is 38.5 Å². The second kappa shape index (κ2) is 7.83. The Labute approximate surface area is 180 Å². The predicted molar refractivity (Wildman–Crippen MR) is 114 cm³/mol. The number of alkyl carbamates (subject to hydrolysis) is 1. The fourth-order valence-corrected chi connectivity index (χ4v) is 3.63. The van der Waals surface area contributed by atoms with Crippen molar-refractivity contribution < 1.29 is 19.1 Å². The molecule has 158 valence electrons. The van der Waals surface area contributed by atoms with E-state index in [-0.39, 0.29) is 6.61 Å². The summed E-state index contributed by atoms with van der Waals surface area (Å²) in [6.45, 7) is 5.33. The van der Waals surface area contributed by atoms with Crippen LogP contribution < -0.4 is 5.32 Å². The van der Waals surface area contributed by atoms with Crippen molar-refractivity contribution in [3.05, 3.63) is 83.7 Å². The van der Waals surface area contributed by atoms with Crippen LogP contribution in [-0.2, 0) is 26.4 Å². The minimum Gasteiger partial charge on any atom is -0.459 e. The number of amides is 1. The Morgan fingerprint density at radius 1 is 0.903 bits per heavy atom. The molecule has 0 saturated heterocycles. The van der Waals surface area contributed by atoms with Crippen molar-refractivity contribution in [2.24, 2.45) is 0 Å². The molecule has 1 N–H and O–H groups in total. The largest absolute Gasteiger partial charge is 0.459 e. The van der Waals surface area contributed by atoms with Gasteiger partial charge in [0, 0.05) is 23.5 Å². The summed E-state index contributed by atoms with van der Waals surface area (Å²) in [6.07, 6.45) is 2.50. The molecule has 0 unspecified atom stereocenters. The molecule has 0 aliphatic heterocycles. The van der Waals surface area contributed by atoms with Gasteiger partial charge in [0.2, 0.25) is 0 Å². The van der Waals surface area contributed by atoms with Crippen molar-refractivity contribution in [3.8, 4) is 11.4 Å². The number of nitrogens with zero attached hydrogens (tertiary/aromatic N) is 2. The van der Waals surface area contributed by atoms with Crippen molar-refractivity contribution in [2.75, 3.05) is 0 Å². The zero-order chi connectivity index (χ0) is 22.1. The van der Waals surface area contributed by atoms with Crippen LogP contribution >= 0.6 is 0 Å². The number of ether oxygens (including phenoxy) is 2. The van der Waals surface area contributed by atoms with E-state index in [0.717, 1.165) is 5.56 Å². The highest BCUT2D eigenvalue weighted by Crippen LogP contribution is 2.46. The van der Waals surface area contributed by atoms with E-state index in [4.69, 9.17) is 9.47 Å². The van der Waals surface area contributed by atoms with Gasteiger partial charge in [-0.15, -0.1) is 0 Å². The Balaban J connectivity index is 1.78. The minimum atomic E-state index is -1.62. The Kier molecular flexibility index (Phi) is 5.19. The highest BCUT2D eigenvalue weighted by Gasteiger charge is 2.54. The molecule has 7 nitrogen and oxygen atoms in total. The standard InChI is InChI=1S/C24H23N3O4/c1-23(2,3)31-22(29)27-24(21(28)30-15-16-9-5-4-6-10-16)17-11-7-13-25-19(17)20-18(24)12-8-14-26-20/h4-14H,15H2,1-3H3,(H,27,29). The molecule has 0 fully saturated rings. The summed E-state index contributed by atoms with van der Waals surface area (Å²) in [5, 5.41) is 2.78. The first-order valence-electron chi connectivity index (χ1n) is 9.95. The van der Waals surface area contributed by atoms with Crippen LogP contribution in [0.3, 0.4) is 0 Å². The number of aromatic nitrogens is 2. The molecule has 0 saturated carbocycles. The van der Waals surface area contributed by atoms with Gasteiger partial charge in [0.1, 0.15) is 12.2 Å². The molecule has 31 heavy (non-hydrogen) atoms. The van der Waals surface area contributed by atoms with Crippen molar-refractivity contribution in [2.45, 2.75) is 38.5 Å². The minimum absolute atomic E-state index is 0.0581. The molecule has 1 aliphatic carbocycles. The van der Waals surface area contributed by atoms with Gasteiger partial charge in [-0.2, -0.15) is 0 Å². The smallest absolute Gasteiger partial charge is 0.409 e. The maximum absolute atomic E-state index is 13.6. The molecule has 2 aromatic heterocycles. The van der Waals surface area contributed by atoms with Crippen LogP contribution in [0.1, 0.15) is 37.5 Å². The highest BCUT2D eigenvalue weighted by atomic mass is 16.6. The van der Waals surface area contributed by atoms with E-state index < -0.39 is 23.2 Å². The molecule has 1 amide bonds. The van der Waals surface area contributed by atoms with Crippen LogP contribution in [-0.4, -0.2) is 27.6 Å². The quantitative estimate of drug-likeness (QED) is 0.646. The SMILES string of the molecule is CC(C)(C)OC(=O)NC1(C(=O)OCc2ccccc2)c2cccnc2-c2ncccc21. The molecule has 3 aromatic rings. The Hall–Kier alpha value is -3.74. The third kappa shape index (κ3) is 3.86. The average molecular weight is 417 g/mol. The molecular formula is C24H23N3O4. The first-order chi connectivity index (χ1) is 14.8. The Morgan fingerprint density at radius 2 is 1.48 bits per heavy atom. The molecule has 0 radical (unpaired) electrons. The number of rotatable bonds is 4. The molecule has 7 heteroatoms. The molecular weight excluding hydrogens is 394 g/mol. The van der Waals surface area contributed by atoms with Crippen molar-refractivity contribution in [3.63, 3.8) is 0 Å². The fourth-order valence-electron chi connectivity index (χ4n) is 3.63. The average Bonchev–Trinajstić information content (AvgIpc) is 3.03. The van der Waals surface area contributed by atoms with Gasteiger partial charge >= 0.3 is 12.1 Å². The lowest BCUT2D eigenvalue weighted by Gasteiger charge is -2.31. The van der Waals surface area contributed by atoms with Crippen LogP contribution in [0.2, 0.25) is 0 Å². The monoisotopic (exact) mass is 417 g/mol. The van der Waals surface area contributed by atoms with E-state index in [1.807, 2.05) is 30.3 Å². The predicted octanol–water partition coefficient (Wildman–Crippen LogP) is 3.97. The van der Waals surface area contributed by atoms with Gasteiger partial charge in [-0.3, -0.25) is 15.3 Å². The van der Waals surface area contributed by atoms with Crippen molar-refractivity contribution in [1.82, 2.24) is 15.3 Å². The molecule has 1 aromatic carbocycles. The van der Waals surface area contributed by atoms with Gasteiger partial charge in [0.05, 0.1) is 11.4 Å². The Morgan fingerprint density at radius 3 is 2.03 bits per heavy atom. The Bertz CT molecular complexity index is 1080. The van der Waals surface area contributed by atoms with E-state index in [9.17, 15) is 9.59 Å². The summed E-state index contributed by atoms with van der Waals surface area (Å²) in [7, 11) is 0.